The molecule has 5 heteroatoms. The van der Waals surface area contributed by atoms with Crippen LogP contribution < -0.4 is 5.32 Å². The van der Waals surface area contributed by atoms with Crippen molar-refractivity contribution < 1.29 is 14.3 Å². The van der Waals surface area contributed by atoms with Crippen LogP contribution in [0.4, 0.5) is 4.79 Å². The number of ether oxygens (including phenoxy) is 1. The monoisotopic (exact) mass is 328 g/mol. The number of imide groups is 1. The molecule has 0 aromatic heterocycles. The number of nitrogens with zero attached hydrogens (tertiary/aromatic N) is 1. The third-order valence-corrected chi connectivity index (χ3v) is 5.83. The smallest absolute Gasteiger partial charge is 0.325 e. The lowest BCUT2D eigenvalue weighted by Gasteiger charge is -2.30. The van der Waals surface area contributed by atoms with E-state index in [0.29, 0.717) is 38.0 Å². The quantitative estimate of drug-likeness (QED) is 0.868. The molecular formula is C19H24N2O3. The molecule has 3 aliphatic rings. The van der Waals surface area contributed by atoms with Gasteiger partial charge in [-0.1, -0.05) is 30.3 Å². The number of carbonyl (C=O) groups excluding carboxylic acids is 2. The van der Waals surface area contributed by atoms with Gasteiger partial charge < -0.3 is 10.1 Å². The van der Waals surface area contributed by atoms with Gasteiger partial charge in [0.15, 0.2) is 0 Å². The highest BCUT2D eigenvalue weighted by atomic mass is 16.5. The molecule has 1 N–H and O–H groups in total. The second-order valence-electron chi connectivity index (χ2n) is 7.36. The topological polar surface area (TPSA) is 58.6 Å². The fourth-order valence-electron chi connectivity index (χ4n) is 4.34. The van der Waals surface area contributed by atoms with Crippen LogP contribution in [0.3, 0.4) is 0 Å². The third-order valence-electron chi connectivity index (χ3n) is 5.83. The van der Waals surface area contributed by atoms with Crippen LogP contribution in [0.15, 0.2) is 30.3 Å². The highest BCUT2D eigenvalue weighted by molar-refractivity contribution is 6.07. The Kier molecular flexibility index (Phi) is 4.04. The molecular weight excluding hydrogens is 304 g/mol. The molecule has 1 atom stereocenters. The van der Waals surface area contributed by atoms with Crippen molar-refractivity contribution in [1.29, 1.82) is 0 Å². The number of rotatable bonds is 3. The molecule has 4 rings (SSSR count). The van der Waals surface area contributed by atoms with Crippen LogP contribution in [0.5, 0.6) is 0 Å². The van der Waals surface area contributed by atoms with E-state index >= 15 is 0 Å². The van der Waals surface area contributed by atoms with Crippen molar-refractivity contribution in [1.82, 2.24) is 10.2 Å². The van der Waals surface area contributed by atoms with Crippen molar-refractivity contribution >= 4 is 11.9 Å². The van der Waals surface area contributed by atoms with Gasteiger partial charge in [0.25, 0.3) is 5.91 Å². The van der Waals surface area contributed by atoms with E-state index in [4.69, 9.17) is 4.74 Å². The van der Waals surface area contributed by atoms with Gasteiger partial charge >= 0.3 is 6.03 Å². The molecule has 2 heterocycles. The van der Waals surface area contributed by atoms with Crippen LogP contribution in [-0.2, 0) is 9.53 Å². The van der Waals surface area contributed by atoms with Crippen molar-refractivity contribution in [2.45, 2.75) is 43.6 Å². The van der Waals surface area contributed by atoms with Crippen LogP contribution >= 0.6 is 0 Å². The predicted molar refractivity (Wildman–Crippen MR) is 89.6 cm³/mol. The second kappa shape index (κ2) is 6.20. The van der Waals surface area contributed by atoms with Gasteiger partial charge in [-0.15, -0.1) is 0 Å². The molecule has 1 aliphatic carbocycles. The Morgan fingerprint density at radius 2 is 1.88 bits per heavy atom. The summed E-state index contributed by atoms with van der Waals surface area (Å²) in [7, 11) is 0. The normalized spacial score (nSPS) is 33.2. The van der Waals surface area contributed by atoms with Crippen LogP contribution in [0.25, 0.3) is 0 Å². The van der Waals surface area contributed by atoms with Gasteiger partial charge in [0.05, 0.1) is 6.61 Å². The van der Waals surface area contributed by atoms with Gasteiger partial charge in [-0.2, -0.15) is 0 Å². The first-order valence-electron chi connectivity index (χ1n) is 8.95. The van der Waals surface area contributed by atoms with Crippen molar-refractivity contribution in [3.63, 3.8) is 0 Å². The van der Waals surface area contributed by atoms with E-state index in [9.17, 15) is 9.59 Å². The summed E-state index contributed by atoms with van der Waals surface area (Å²) in [5, 5.41) is 2.87. The van der Waals surface area contributed by atoms with Crippen molar-refractivity contribution in [3.8, 4) is 0 Å². The van der Waals surface area contributed by atoms with Gasteiger partial charge in [-0.25, -0.2) is 4.79 Å². The molecule has 1 saturated carbocycles. The van der Waals surface area contributed by atoms with Crippen LogP contribution in [0.2, 0.25) is 0 Å². The first-order valence-corrected chi connectivity index (χ1v) is 8.95. The summed E-state index contributed by atoms with van der Waals surface area (Å²) in [6.45, 7) is 1.41. The Morgan fingerprint density at radius 3 is 2.54 bits per heavy atom. The molecule has 0 bridgehead atoms. The SMILES string of the molecule is O=C1N[C@]2(CCOC2)C(=O)N1CC1CCC(c2ccccc2)CC1. The minimum absolute atomic E-state index is 0.0878. The maximum Gasteiger partial charge on any atom is 0.325 e. The molecule has 5 nitrogen and oxygen atoms in total. The van der Waals surface area contributed by atoms with E-state index in [1.54, 1.807) is 0 Å². The Bertz CT molecular complexity index is 617. The first kappa shape index (κ1) is 15.6. The minimum atomic E-state index is -0.779. The number of nitrogens with one attached hydrogen (secondary N) is 1. The molecule has 1 spiro atoms. The fourth-order valence-corrected chi connectivity index (χ4v) is 4.34. The molecule has 2 aliphatic heterocycles. The molecule has 128 valence electrons. The van der Waals surface area contributed by atoms with E-state index in [0.717, 1.165) is 25.7 Å². The zero-order valence-corrected chi connectivity index (χ0v) is 13.9. The highest BCUT2D eigenvalue weighted by Crippen LogP contribution is 2.37. The summed E-state index contributed by atoms with van der Waals surface area (Å²) in [5.41, 5.74) is 0.631. The van der Waals surface area contributed by atoms with Crippen molar-refractivity contribution in [2.24, 2.45) is 5.92 Å². The molecule has 2 saturated heterocycles. The number of benzene rings is 1. The Labute approximate surface area is 142 Å². The van der Waals surface area contributed by atoms with Gasteiger partial charge in [0.1, 0.15) is 5.54 Å². The van der Waals surface area contributed by atoms with Crippen LogP contribution in [0, 0.1) is 5.92 Å². The summed E-state index contributed by atoms with van der Waals surface area (Å²) < 4.78 is 5.34. The number of urea groups is 1. The lowest BCUT2D eigenvalue weighted by Crippen LogP contribution is -2.47. The summed E-state index contributed by atoms with van der Waals surface area (Å²) in [5.74, 6) is 0.937. The molecule has 1 aromatic carbocycles. The van der Waals surface area contributed by atoms with Gasteiger partial charge in [-0.05, 0) is 43.1 Å². The summed E-state index contributed by atoms with van der Waals surface area (Å²) >= 11 is 0. The Hall–Kier alpha value is -1.88. The third kappa shape index (κ3) is 2.71. The fraction of sp³-hybridized carbons (Fsp3) is 0.579. The molecule has 24 heavy (non-hydrogen) atoms. The highest BCUT2D eigenvalue weighted by Gasteiger charge is 2.53. The summed E-state index contributed by atoms with van der Waals surface area (Å²) in [6, 6.07) is 10.4. The molecule has 0 radical (unpaired) electrons. The molecule has 0 unspecified atom stereocenters. The van der Waals surface area contributed by atoms with E-state index in [-0.39, 0.29) is 11.9 Å². The number of hydrogen-bond donors (Lipinski definition) is 1. The number of hydrogen-bond acceptors (Lipinski definition) is 3. The number of amides is 3. The van der Waals surface area contributed by atoms with Gasteiger partial charge in [0, 0.05) is 19.6 Å². The van der Waals surface area contributed by atoms with E-state index in [1.807, 2.05) is 0 Å². The van der Waals surface area contributed by atoms with Crippen molar-refractivity contribution in [2.75, 3.05) is 19.8 Å². The second-order valence-corrected chi connectivity index (χ2v) is 7.36. The molecule has 3 fully saturated rings. The van der Waals surface area contributed by atoms with Crippen LogP contribution in [0.1, 0.15) is 43.6 Å². The van der Waals surface area contributed by atoms with E-state index in [2.05, 4.69) is 35.6 Å². The zero-order valence-electron chi connectivity index (χ0n) is 13.9. The van der Waals surface area contributed by atoms with Crippen molar-refractivity contribution in [3.05, 3.63) is 35.9 Å². The zero-order chi connectivity index (χ0) is 16.6. The van der Waals surface area contributed by atoms with Gasteiger partial charge in [0.2, 0.25) is 0 Å². The molecule has 3 amide bonds. The minimum Gasteiger partial charge on any atom is -0.378 e. The summed E-state index contributed by atoms with van der Waals surface area (Å²) in [4.78, 5) is 26.3. The van der Waals surface area contributed by atoms with Crippen LogP contribution in [-0.4, -0.2) is 42.1 Å². The maximum atomic E-state index is 12.7. The van der Waals surface area contributed by atoms with E-state index in [1.165, 1.54) is 10.5 Å². The predicted octanol–water partition coefficient (Wildman–Crippen LogP) is 2.67. The Balaban J connectivity index is 1.36. The average Bonchev–Trinajstić information content (AvgIpc) is 3.17. The standard InChI is InChI=1S/C19H24N2O3/c22-17-19(10-11-24-13-19)20-18(23)21(17)12-14-6-8-16(9-7-14)15-4-2-1-3-5-15/h1-5,14,16H,6-13H2,(H,20,23)/t14?,16?,19-/m0/s1. The van der Waals surface area contributed by atoms with Gasteiger partial charge in [-0.3, -0.25) is 9.69 Å². The maximum absolute atomic E-state index is 12.7. The summed E-state index contributed by atoms with van der Waals surface area (Å²) in [6.07, 6.45) is 4.99. The lowest BCUT2D eigenvalue weighted by atomic mass is 9.78. The molecule has 1 aromatic rings. The largest absolute Gasteiger partial charge is 0.378 e. The average molecular weight is 328 g/mol. The van der Waals surface area contributed by atoms with E-state index < -0.39 is 5.54 Å². The lowest BCUT2D eigenvalue weighted by molar-refractivity contribution is -0.131. The Morgan fingerprint density at radius 1 is 1.12 bits per heavy atom. The first-order chi connectivity index (χ1) is 11.7. The number of carbonyl (C=O) groups is 2.